The van der Waals surface area contributed by atoms with Crippen molar-refractivity contribution in [3.05, 3.63) is 156 Å². The Morgan fingerprint density at radius 2 is 0.673 bits per heavy atom. The third-order valence-electron chi connectivity index (χ3n) is 6.23. The molecule has 0 aliphatic heterocycles. The summed E-state index contributed by atoms with van der Waals surface area (Å²) in [5.74, 6) is -4.55. The minimum Gasteiger partial charge on any atom is -0.543 e. The van der Waals surface area contributed by atoms with Crippen LogP contribution in [-0.2, 0) is 62.3 Å². The zero-order valence-corrected chi connectivity index (χ0v) is 31.0. The van der Waals surface area contributed by atoms with Gasteiger partial charge in [-0.3, -0.25) is 9.97 Å². The van der Waals surface area contributed by atoms with E-state index >= 15 is 0 Å². The molecule has 52 heavy (non-hydrogen) atoms. The average molecular weight is 810 g/mol. The van der Waals surface area contributed by atoms with Gasteiger partial charge in [-0.25, -0.2) is 0 Å². The van der Waals surface area contributed by atoms with E-state index in [9.17, 15) is 39.6 Å². The smallest absolute Gasteiger partial charge is 0.543 e. The molecule has 6 rings (SSSR count). The first kappa shape index (κ1) is 48.5. The first-order valence-electron chi connectivity index (χ1n) is 14.7. The van der Waals surface area contributed by atoms with E-state index in [1.54, 1.807) is 89.6 Å². The number of nitrogens with zero attached hydrogens (tertiary/aromatic N) is 6. The third-order valence-corrected chi connectivity index (χ3v) is 6.23. The van der Waals surface area contributed by atoms with Crippen molar-refractivity contribution in [2.75, 3.05) is 0 Å². The standard InChI is InChI=1S/4C6H7NO2.2C6H7N.2Cu/c4*1-7-4-2-3-5(7)6(8)9;2*1-6-3-2-4-7-5-6;;/h4*2-4H,1H3,(H,8,9);2*2-5H,1H3;;/q;;;;;;2*+2/p-4. The second-order valence-corrected chi connectivity index (χ2v) is 10.2. The Bertz CT molecular complexity index is 1660. The topological polar surface area (TPSA) is 206 Å². The van der Waals surface area contributed by atoms with Gasteiger partial charge in [0.15, 0.2) is 0 Å². The van der Waals surface area contributed by atoms with Gasteiger partial charge in [0, 0.05) is 77.8 Å². The first-order valence-corrected chi connectivity index (χ1v) is 14.7. The SMILES string of the molecule is Cc1cccnc1.Cc1cccnc1.Cn1cccc1C(=O)[O-].Cn1cccc1C(=O)[O-].Cn1cccc1C(=O)[O-].Cn1cccc1C(=O)[O-].[Cu+2].[Cu+2]. The zero-order valence-electron chi connectivity index (χ0n) is 29.1. The number of pyridine rings is 2. The summed E-state index contributed by atoms with van der Waals surface area (Å²) in [6.45, 7) is 4.04. The molecule has 0 N–H and O–H groups in total. The molecular formula is C36H38Cu2N6O8. The summed E-state index contributed by atoms with van der Waals surface area (Å²) in [5, 5.41) is 40.6. The second kappa shape index (κ2) is 26.2. The van der Waals surface area contributed by atoms with Gasteiger partial charge in [-0.15, -0.1) is 0 Å². The van der Waals surface area contributed by atoms with Gasteiger partial charge in [0.25, 0.3) is 0 Å². The molecule has 14 nitrogen and oxygen atoms in total. The summed E-state index contributed by atoms with van der Waals surface area (Å²) in [5.41, 5.74) is 3.24. The molecule has 0 aliphatic carbocycles. The van der Waals surface area contributed by atoms with Gasteiger partial charge in [0.1, 0.15) is 0 Å². The summed E-state index contributed by atoms with van der Waals surface area (Å²) in [4.78, 5) is 48.4. The van der Waals surface area contributed by atoms with Crippen LogP contribution in [-0.4, -0.2) is 52.1 Å². The van der Waals surface area contributed by atoms with Crippen LogP contribution in [0.15, 0.2) is 122 Å². The van der Waals surface area contributed by atoms with E-state index in [1.165, 1.54) is 53.7 Å². The molecular weight excluding hydrogens is 772 g/mol. The molecule has 0 amide bonds. The van der Waals surface area contributed by atoms with Crippen LogP contribution in [0.5, 0.6) is 0 Å². The van der Waals surface area contributed by atoms with Gasteiger partial charge in [-0.1, -0.05) is 12.1 Å². The fourth-order valence-electron chi connectivity index (χ4n) is 3.59. The molecule has 0 unspecified atom stereocenters. The van der Waals surface area contributed by atoms with Crippen molar-refractivity contribution in [1.82, 2.24) is 28.2 Å². The average Bonchev–Trinajstić information content (AvgIpc) is 3.88. The maximum atomic E-state index is 10.2. The van der Waals surface area contributed by atoms with E-state index in [0.29, 0.717) is 0 Å². The van der Waals surface area contributed by atoms with Crippen LogP contribution in [0.4, 0.5) is 0 Å². The number of carbonyl (C=O) groups excluding carboxylic acids is 4. The van der Waals surface area contributed by atoms with Gasteiger partial charge >= 0.3 is 34.1 Å². The molecule has 0 atom stereocenters. The molecule has 0 saturated heterocycles. The molecule has 0 aromatic carbocycles. The maximum absolute atomic E-state index is 10.2. The van der Waals surface area contributed by atoms with Gasteiger partial charge in [-0.2, -0.15) is 0 Å². The molecule has 0 aliphatic rings. The first-order chi connectivity index (χ1) is 23.6. The van der Waals surface area contributed by atoms with Crippen molar-refractivity contribution in [3.8, 4) is 0 Å². The number of rotatable bonds is 4. The van der Waals surface area contributed by atoms with E-state index in [-0.39, 0.29) is 56.9 Å². The Morgan fingerprint density at radius 3 is 0.750 bits per heavy atom. The second-order valence-electron chi connectivity index (χ2n) is 10.2. The summed E-state index contributed by atoms with van der Waals surface area (Å²) < 4.78 is 5.98. The van der Waals surface area contributed by atoms with Crippen LogP contribution in [0.3, 0.4) is 0 Å². The summed E-state index contributed by atoms with van der Waals surface area (Å²) in [6.07, 6.45) is 13.8. The number of carbonyl (C=O) groups is 4. The fourth-order valence-corrected chi connectivity index (χ4v) is 3.59. The molecule has 0 saturated carbocycles. The quantitative estimate of drug-likeness (QED) is 0.223. The molecule has 0 bridgehead atoms. The molecule has 0 fully saturated rings. The Kier molecular flexibility index (Phi) is 24.4. The van der Waals surface area contributed by atoms with Crippen LogP contribution in [0.1, 0.15) is 53.1 Å². The monoisotopic (exact) mass is 808 g/mol. The Balaban J connectivity index is 0. The third kappa shape index (κ3) is 18.9. The van der Waals surface area contributed by atoms with Crippen LogP contribution < -0.4 is 20.4 Å². The minimum atomic E-state index is -1.14. The maximum Gasteiger partial charge on any atom is 2.00 e. The van der Waals surface area contributed by atoms with Crippen molar-refractivity contribution in [2.24, 2.45) is 28.2 Å². The van der Waals surface area contributed by atoms with Crippen molar-refractivity contribution in [2.45, 2.75) is 13.8 Å². The minimum absolute atomic E-state index is 0. The van der Waals surface area contributed by atoms with Crippen LogP contribution in [0.25, 0.3) is 0 Å². The number of aromatic carboxylic acids is 4. The number of hydrogen-bond acceptors (Lipinski definition) is 10. The van der Waals surface area contributed by atoms with Crippen LogP contribution in [0.2, 0.25) is 0 Å². The Morgan fingerprint density at radius 1 is 0.442 bits per heavy atom. The molecule has 282 valence electrons. The van der Waals surface area contributed by atoms with E-state index in [1.807, 2.05) is 50.5 Å². The Hall–Kier alpha value is -5.66. The van der Waals surface area contributed by atoms with E-state index in [0.717, 1.165) is 0 Å². The van der Waals surface area contributed by atoms with Crippen molar-refractivity contribution >= 4 is 23.9 Å². The zero-order chi connectivity index (χ0) is 37.6. The van der Waals surface area contributed by atoms with Crippen molar-refractivity contribution < 1.29 is 73.7 Å². The molecule has 2 radical (unpaired) electrons. The predicted molar refractivity (Wildman–Crippen MR) is 177 cm³/mol. The number of carboxylic acid groups (broad SMARTS) is 4. The fraction of sp³-hybridized carbons (Fsp3) is 0.167. The van der Waals surface area contributed by atoms with E-state index < -0.39 is 23.9 Å². The van der Waals surface area contributed by atoms with Gasteiger partial charge in [0.2, 0.25) is 0 Å². The van der Waals surface area contributed by atoms with Gasteiger partial charge < -0.3 is 57.9 Å². The number of aryl methyl sites for hydroxylation is 6. The number of hydrogen-bond donors (Lipinski definition) is 0. The molecule has 6 heterocycles. The van der Waals surface area contributed by atoms with Crippen LogP contribution >= 0.6 is 0 Å². The van der Waals surface area contributed by atoms with Crippen LogP contribution in [0, 0.1) is 13.8 Å². The largest absolute Gasteiger partial charge is 2.00 e. The molecule has 0 spiro atoms. The number of carboxylic acids is 4. The predicted octanol–water partition coefficient (Wildman–Crippen LogP) is 0.329. The Labute approximate surface area is 323 Å². The molecule has 6 aromatic heterocycles. The van der Waals surface area contributed by atoms with E-state index in [2.05, 4.69) is 9.97 Å². The summed E-state index contributed by atoms with van der Waals surface area (Å²) >= 11 is 0. The normalized spacial score (nSPS) is 8.88. The number of aromatic nitrogens is 6. The summed E-state index contributed by atoms with van der Waals surface area (Å²) in [6, 6.07) is 20.5. The van der Waals surface area contributed by atoms with Gasteiger partial charge in [0.05, 0.1) is 46.7 Å². The molecule has 6 aromatic rings. The molecule has 16 heteroatoms. The summed E-state index contributed by atoms with van der Waals surface area (Å²) in [7, 11) is 6.63. The van der Waals surface area contributed by atoms with Crippen molar-refractivity contribution in [1.29, 1.82) is 0 Å². The van der Waals surface area contributed by atoms with Crippen molar-refractivity contribution in [3.63, 3.8) is 0 Å². The van der Waals surface area contributed by atoms with E-state index in [4.69, 9.17) is 0 Å². The van der Waals surface area contributed by atoms with Gasteiger partial charge in [-0.05, 0) is 85.6 Å².